The topological polar surface area (TPSA) is 49.8 Å². The lowest BCUT2D eigenvalue weighted by molar-refractivity contribution is -0.130. The molecular formula is C17H18ClNO3. The molecule has 116 valence electrons. The van der Waals surface area contributed by atoms with E-state index < -0.39 is 5.38 Å². The summed E-state index contributed by atoms with van der Waals surface area (Å²) in [5, 5.41) is 9.05. The van der Waals surface area contributed by atoms with Crippen LogP contribution in [0.15, 0.2) is 48.5 Å². The van der Waals surface area contributed by atoms with Gasteiger partial charge in [0.2, 0.25) is 5.91 Å². The van der Waals surface area contributed by atoms with Gasteiger partial charge in [-0.3, -0.25) is 4.79 Å². The summed E-state index contributed by atoms with van der Waals surface area (Å²) in [5.74, 6) is 0.256. The molecule has 0 heterocycles. The maximum Gasteiger partial charge on any atom is 0.245 e. The van der Waals surface area contributed by atoms with E-state index in [0.29, 0.717) is 12.3 Å². The fourth-order valence-electron chi connectivity index (χ4n) is 2.14. The lowest BCUT2D eigenvalue weighted by atomic mass is 10.1. The Kier molecular flexibility index (Phi) is 5.28. The quantitative estimate of drug-likeness (QED) is 0.860. The van der Waals surface area contributed by atoms with E-state index in [0.717, 1.165) is 11.1 Å². The van der Waals surface area contributed by atoms with E-state index >= 15 is 0 Å². The van der Waals surface area contributed by atoms with Gasteiger partial charge in [-0.25, -0.2) is 0 Å². The zero-order valence-corrected chi connectivity index (χ0v) is 13.2. The summed E-state index contributed by atoms with van der Waals surface area (Å²) in [6.45, 7) is 0.354. The van der Waals surface area contributed by atoms with E-state index in [4.69, 9.17) is 16.3 Å². The molecule has 4 nitrogen and oxygen atoms in total. The van der Waals surface area contributed by atoms with Gasteiger partial charge in [0.15, 0.2) is 11.5 Å². The van der Waals surface area contributed by atoms with Crippen LogP contribution in [-0.4, -0.2) is 30.1 Å². The van der Waals surface area contributed by atoms with Crippen molar-refractivity contribution in [1.82, 2.24) is 4.90 Å². The lowest BCUT2D eigenvalue weighted by Crippen LogP contribution is -2.29. The van der Waals surface area contributed by atoms with Crippen molar-refractivity contribution in [3.8, 4) is 11.5 Å². The number of aromatic hydroxyl groups is 1. The number of carbonyl (C=O) groups excluding carboxylic acids is 1. The molecule has 0 aliphatic rings. The molecule has 0 aliphatic heterocycles. The van der Waals surface area contributed by atoms with Crippen molar-refractivity contribution >= 4 is 17.5 Å². The van der Waals surface area contributed by atoms with Crippen LogP contribution in [0.25, 0.3) is 0 Å². The summed E-state index contributed by atoms with van der Waals surface area (Å²) in [5.41, 5.74) is 1.56. The van der Waals surface area contributed by atoms with Crippen LogP contribution in [0.2, 0.25) is 0 Å². The monoisotopic (exact) mass is 319 g/mol. The molecule has 0 fully saturated rings. The number of phenols is 1. The second-order valence-corrected chi connectivity index (χ2v) is 5.41. The number of halogens is 1. The third-order valence-electron chi connectivity index (χ3n) is 3.35. The molecule has 0 saturated heterocycles. The molecule has 0 aromatic heterocycles. The van der Waals surface area contributed by atoms with Gasteiger partial charge in [-0.15, -0.1) is 11.6 Å². The van der Waals surface area contributed by atoms with Gasteiger partial charge in [0.25, 0.3) is 0 Å². The molecule has 2 aromatic carbocycles. The van der Waals surface area contributed by atoms with Crippen molar-refractivity contribution in [2.24, 2.45) is 0 Å². The molecule has 5 heteroatoms. The van der Waals surface area contributed by atoms with Crippen molar-refractivity contribution in [2.45, 2.75) is 11.9 Å². The van der Waals surface area contributed by atoms with Crippen LogP contribution >= 0.6 is 11.6 Å². The van der Waals surface area contributed by atoms with E-state index in [1.54, 1.807) is 25.2 Å². The third kappa shape index (κ3) is 3.71. The average Bonchev–Trinajstić information content (AvgIpc) is 2.54. The first-order valence-electron chi connectivity index (χ1n) is 6.82. The largest absolute Gasteiger partial charge is 0.504 e. The summed E-state index contributed by atoms with van der Waals surface area (Å²) in [4.78, 5) is 13.9. The van der Waals surface area contributed by atoms with Crippen LogP contribution in [-0.2, 0) is 11.3 Å². The number of methoxy groups -OCH3 is 1. The van der Waals surface area contributed by atoms with Gasteiger partial charge in [0.05, 0.1) is 7.11 Å². The molecule has 1 amide bonds. The molecule has 1 atom stereocenters. The molecule has 1 N–H and O–H groups in total. The lowest BCUT2D eigenvalue weighted by Gasteiger charge is -2.21. The van der Waals surface area contributed by atoms with Crippen molar-refractivity contribution < 1.29 is 14.6 Å². The minimum Gasteiger partial charge on any atom is -0.504 e. The van der Waals surface area contributed by atoms with Gasteiger partial charge in [-0.2, -0.15) is 0 Å². The molecule has 2 rings (SSSR count). The van der Waals surface area contributed by atoms with Crippen LogP contribution in [0, 0.1) is 0 Å². The predicted molar refractivity (Wildman–Crippen MR) is 86.2 cm³/mol. The Balaban J connectivity index is 2.07. The fraction of sp³-hybridized carbons (Fsp3) is 0.235. The highest BCUT2D eigenvalue weighted by molar-refractivity contribution is 6.30. The molecular weight excluding hydrogens is 302 g/mol. The molecule has 0 saturated carbocycles. The number of likely N-dealkylation sites (N-methyl/N-ethyl adjacent to an activating group) is 1. The van der Waals surface area contributed by atoms with Crippen LogP contribution < -0.4 is 4.74 Å². The van der Waals surface area contributed by atoms with E-state index in [1.807, 2.05) is 30.3 Å². The molecule has 0 bridgehead atoms. The predicted octanol–water partition coefficient (Wildman–Crippen LogP) is 3.34. The number of ether oxygens (including phenoxy) is 1. The molecule has 0 radical (unpaired) electrons. The Morgan fingerprint density at radius 1 is 1.27 bits per heavy atom. The number of nitrogens with zero attached hydrogens (tertiary/aromatic N) is 1. The number of amides is 1. The summed E-state index contributed by atoms with van der Waals surface area (Å²) < 4.78 is 5.00. The van der Waals surface area contributed by atoms with Crippen LogP contribution in [0.5, 0.6) is 11.5 Å². The van der Waals surface area contributed by atoms with E-state index in [2.05, 4.69) is 0 Å². The zero-order valence-electron chi connectivity index (χ0n) is 12.5. The van der Waals surface area contributed by atoms with Crippen LogP contribution in [0.1, 0.15) is 16.5 Å². The second kappa shape index (κ2) is 7.18. The molecule has 0 spiro atoms. The van der Waals surface area contributed by atoms with E-state index in [9.17, 15) is 9.90 Å². The van der Waals surface area contributed by atoms with Gasteiger partial charge in [-0.1, -0.05) is 36.4 Å². The first kappa shape index (κ1) is 16.2. The highest BCUT2D eigenvalue weighted by Crippen LogP contribution is 2.27. The molecule has 22 heavy (non-hydrogen) atoms. The normalized spacial score (nSPS) is 11.8. The van der Waals surface area contributed by atoms with Crippen LogP contribution in [0.3, 0.4) is 0 Å². The Bertz CT molecular complexity index is 646. The van der Waals surface area contributed by atoms with Crippen molar-refractivity contribution in [2.75, 3.05) is 14.2 Å². The zero-order chi connectivity index (χ0) is 16.1. The molecule has 2 aromatic rings. The van der Waals surface area contributed by atoms with Gasteiger partial charge < -0.3 is 14.7 Å². The highest BCUT2D eigenvalue weighted by Gasteiger charge is 2.21. The van der Waals surface area contributed by atoms with Crippen molar-refractivity contribution in [1.29, 1.82) is 0 Å². The number of phenolic OH excluding ortho intramolecular Hbond substituents is 1. The van der Waals surface area contributed by atoms with Gasteiger partial charge in [0.1, 0.15) is 5.38 Å². The summed E-state index contributed by atoms with van der Waals surface area (Å²) >= 11 is 6.24. The molecule has 0 aliphatic carbocycles. The summed E-state index contributed by atoms with van der Waals surface area (Å²) in [6, 6.07) is 14.3. The number of carbonyl (C=O) groups is 1. The fourth-order valence-corrected chi connectivity index (χ4v) is 2.46. The Labute approximate surface area is 134 Å². The number of alkyl halides is 1. The van der Waals surface area contributed by atoms with Crippen molar-refractivity contribution in [3.63, 3.8) is 0 Å². The number of benzene rings is 2. The number of hydrogen-bond acceptors (Lipinski definition) is 3. The Morgan fingerprint density at radius 2 is 1.95 bits per heavy atom. The Hall–Kier alpha value is -2.20. The van der Waals surface area contributed by atoms with E-state index in [-0.39, 0.29) is 11.7 Å². The summed E-state index contributed by atoms with van der Waals surface area (Å²) in [6.07, 6.45) is 0. The second-order valence-electron chi connectivity index (χ2n) is 4.97. The SMILES string of the molecule is COc1ccc(CN(C)C(=O)C(Cl)c2ccccc2)cc1O. The Morgan fingerprint density at radius 3 is 2.55 bits per heavy atom. The van der Waals surface area contributed by atoms with Gasteiger partial charge in [0, 0.05) is 13.6 Å². The van der Waals surface area contributed by atoms with E-state index in [1.165, 1.54) is 12.0 Å². The van der Waals surface area contributed by atoms with Gasteiger partial charge in [-0.05, 0) is 23.3 Å². The summed E-state index contributed by atoms with van der Waals surface area (Å²) in [7, 11) is 3.17. The third-order valence-corrected chi connectivity index (χ3v) is 3.79. The first-order valence-corrected chi connectivity index (χ1v) is 7.26. The minimum atomic E-state index is -0.724. The first-order chi connectivity index (χ1) is 10.5. The smallest absolute Gasteiger partial charge is 0.245 e. The maximum atomic E-state index is 12.4. The number of hydrogen-bond donors (Lipinski definition) is 1. The highest BCUT2D eigenvalue weighted by atomic mass is 35.5. The molecule has 1 unspecified atom stereocenters. The standard InChI is InChI=1S/C17H18ClNO3/c1-19(11-12-8-9-15(22-2)14(20)10-12)17(21)16(18)13-6-4-3-5-7-13/h3-10,16,20H,11H2,1-2H3. The van der Waals surface area contributed by atoms with Crippen LogP contribution in [0.4, 0.5) is 0 Å². The average molecular weight is 320 g/mol. The maximum absolute atomic E-state index is 12.4. The minimum absolute atomic E-state index is 0.0475. The van der Waals surface area contributed by atoms with Crippen molar-refractivity contribution in [3.05, 3.63) is 59.7 Å². The number of rotatable bonds is 5. The van der Waals surface area contributed by atoms with Gasteiger partial charge >= 0.3 is 0 Å².